The van der Waals surface area contributed by atoms with E-state index < -0.39 is 26.2 Å². The summed E-state index contributed by atoms with van der Waals surface area (Å²) in [5, 5.41) is 16.0. The molecule has 3 N–H and O–H groups in total. The molecule has 14 heteroatoms. The number of hydrazone groups is 1. The van der Waals surface area contributed by atoms with Gasteiger partial charge in [-0.3, -0.25) is 9.35 Å². The molecule has 0 spiro atoms. The van der Waals surface area contributed by atoms with E-state index in [0.29, 0.717) is 16.6 Å². The van der Waals surface area contributed by atoms with Crippen molar-refractivity contribution in [3.63, 3.8) is 0 Å². The number of nitrogens with two attached hydrogens (primary N) is 1. The fraction of sp³-hybridized carbons (Fsp3) is 0.0455. The van der Waals surface area contributed by atoms with Crippen LogP contribution in [0.5, 0.6) is 11.5 Å². The third-order valence-electron chi connectivity index (χ3n) is 5.00. The van der Waals surface area contributed by atoms with E-state index in [0.717, 1.165) is 22.8 Å². The maximum atomic E-state index is 13.2. The number of thioether (sulfide) groups is 1. The molecular formula is C22H17N7O5S2. The first kappa shape index (κ1) is 23.5. The van der Waals surface area contributed by atoms with Crippen molar-refractivity contribution in [2.45, 2.75) is 15.3 Å². The molecule has 0 unspecified atom stereocenters. The number of carbonyl (C=O) groups excluding carboxylic acids is 1. The molecule has 182 valence electrons. The van der Waals surface area contributed by atoms with Crippen LogP contribution in [0.25, 0.3) is 5.69 Å². The maximum Gasteiger partial charge on any atom is 0.298 e. The van der Waals surface area contributed by atoms with Crippen LogP contribution < -0.4 is 15.5 Å². The highest BCUT2D eigenvalue weighted by Crippen LogP contribution is 2.35. The quantitative estimate of drug-likeness (QED) is 0.344. The van der Waals surface area contributed by atoms with Crippen LogP contribution >= 0.6 is 11.8 Å². The molecule has 1 aliphatic heterocycles. The molecule has 1 aromatic heterocycles. The number of hydrogen-bond acceptors (Lipinski definition) is 10. The summed E-state index contributed by atoms with van der Waals surface area (Å²) in [6.07, 6.45) is 0. The average Bonchev–Trinajstić information content (AvgIpc) is 3.45. The molecule has 1 atom stereocenters. The number of amidine groups is 1. The molecule has 0 bridgehead atoms. The van der Waals surface area contributed by atoms with E-state index in [9.17, 15) is 17.8 Å². The average molecular weight is 524 g/mol. The Kier molecular flexibility index (Phi) is 6.13. The van der Waals surface area contributed by atoms with E-state index in [2.05, 4.69) is 20.6 Å². The van der Waals surface area contributed by atoms with Gasteiger partial charge in [-0.05, 0) is 52.9 Å². The number of rotatable bonds is 7. The Labute approximate surface area is 209 Å². The Balaban J connectivity index is 1.43. The van der Waals surface area contributed by atoms with Gasteiger partial charge in [-0.15, -0.1) is 5.10 Å². The lowest BCUT2D eigenvalue weighted by Gasteiger charge is -2.16. The highest BCUT2D eigenvalue weighted by atomic mass is 32.2. The molecule has 1 aliphatic rings. The number of hydrogen-bond donors (Lipinski definition) is 2. The first-order valence-corrected chi connectivity index (χ1v) is 12.7. The van der Waals surface area contributed by atoms with Crippen molar-refractivity contribution in [3.05, 3.63) is 78.9 Å². The monoisotopic (exact) mass is 523 g/mol. The lowest BCUT2D eigenvalue weighted by molar-refractivity contribution is -0.116. The molecule has 3 aromatic carbocycles. The standard InChI is InChI=1S/C22H17N7O5S2/c23-20-19(35-22-24-26-27-29(22)14-7-3-1-4-8-14)21(30)28(25-20)15-11-12-17(18(13-15)36(31,32)33)34-16-9-5-2-6-10-16/h1-13,19H,(H2,23,25)(H,31,32,33)/t19-/m0/s1. The summed E-state index contributed by atoms with van der Waals surface area (Å²) in [6.45, 7) is 0. The highest BCUT2D eigenvalue weighted by molar-refractivity contribution is 8.01. The molecule has 0 radical (unpaired) electrons. The Morgan fingerprint density at radius 3 is 2.36 bits per heavy atom. The van der Waals surface area contributed by atoms with E-state index in [1.165, 1.54) is 16.8 Å². The summed E-state index contributed by atoms with van der Waals surface area (Å²) in [6, 6.07) is 21.4. The lowest BCUT2D eigenvalue weighted by atomic mass is 10.2. The van der Waals surface area contributed by atoms with Gasteiger partial charge in [0.15, 0.2) is 5.25 Å². The van der Waals surface area contributed by atoms with Crippen LogP contribution in [0.4, 0.5) is 5.69 Å². The predicted molar refractivity (Wildman–Crippen MR) is 131 cm³/mol. The van der Waals surface area contributed by atoms with Crippen molar-refractivity contribution in [2.24, 2.45) is 10.8 Å². The maximum absolute atomic E-state index is 13.2. The molecule has 0 fully saturated rings. The molecule has 36 heavy (non-hydrogen) atoms. The van der Waals surface area contributed by atoms with Crippen LogP contribution in [0.2, 0.25) is 0 Å². The SMILES string of the molecule is NC1=NN(c2ccc(Oc3ccccc3)c(S(=O)(=O)O)c2)C(=O)[C@H]1Sc1nnnn1-c1ccccc1. The molecule has 1 amide bonds. The van der Waals surface area contributed by atoms with Crippen LogP contribution in [0, 0.1) is 0 Å². The third kappa shape index (κ3) is 4.64. The normalized spacial score (nSPS) is 15.7. The first-order chi connectivity index (χ1) is 17.3. The van der Waals surface area contributed by atoms with Gasteiger partial charge in [0.1, 0.15) is 22.2 Å². The Bertz CT molecular complexity index is 1560. The molecule has 2 heterocycles. The van der Waals surface area contributed by atoms with E-state index in [1.807, 2.05) is 18.2 Å². The van der Waals surface area contributed by atoms with Crippen LogP contribution in [0.15, 0.2) is 94.0 Å². The van der Waals surface area contributed by atoms with Crippen LogP contribution in [-0.4, -0.2) is 50.2 Å². The molecule has 0 saturated carbocycles. The fourth-order valence-electron chi connectivity index (χ4n) is 3.37. The Morgan fingerprint density at radius 1 is 0.972 bits per heavy atom. The highest BCUT2D eigenvalue weighted by Gasteiger charge is 2.38. The predicted octanol–water partition coefficient (Wildman–Crippen LogP) is 2.48. The number of para-hydroxylation sites is 2. The van der Waals surface area contributed by atoms with Gasteiger partial charge in [0.25, 0.3) is 16.0 Å². The zero-order valence-corrected chi connectivity index (χ0v) is 19.9. The minimum atomic E-state index is -4.71. The van der Waals surface area contributed by atoms with E-state index in [1.54, 1.807) is 42.5 Å². The smallest absolute Gasteiger partial charge is 0.298 e. The zero-order valence-electron chi connectivity index (χ0n) is 18.2. The zero-order chi connectivity index (χ0) is 25.3. The van der Waals surface area contributed by atoms with Crippen LogP contribution in [-0.2, 0) is 14.9 Å². The molecule has 5 rings (SSSR count). The van der Waals surface area contributed by atoms with Crippen LogP contribution in [0.3, 0.4) is 0 Å². The molecular weight excluding hydrogens is 506 g/mol. The van der Waals surface area contributed by atoms with E-state index in [-0.39, 0.29) is 17.3 Å². The van der Waals surface area contributed by atoms with Gasteiger partial charge in [0.05, 0.1) is 11.4 Å². The third-order valence-corrected chi connectivity index (χ3v) is 7.02. The topological polar surface area (TPSA) is 166 Å². The van der Waals surface area contributed by atoms with Gasteiger partial charge >= 0.3 is 0 Å². The van der Waals surface area contributed by atoms with Crippen molar-refractivity contribution in [1.82, 2.24) is 20.2 Å². The minimum absolute atomic E-state index is 0.0226. The van der Waals surface area contributed by atoms with Gasteiger partial charge in [-0.25, -0.2) is 0 Å². The number of anilines is 1. The Morgan fingerprint density at radius 2 is 1.67 bits per heavy atom. The fourth-order valence-corrected chi connectivity index (χ4v) is 4.91. The summed E-state index contributed by atoms with van der Waals surface area (Å²) < 4.78 is 41.0. The molecule has 0 saturated heterocycles. The number of amides is 1. The van der Waals surface area contributed by atoms with Crippen molar-refractivity contribution < 1.29 is 22.5 Å². The number of ether oxygens (including phenoxy) is 1. The van der Waals surface area contributed by atoms with Gasteiger partial charge < -0.3 is 10.5 Å². The van der Waals surface area contributed by atoms with Crippen molar-refractivity contribution in [1.29, 1.82) is 0 Å². The summed E-state index contributed by atoms with van der Waals surface area (Å²) in [5.74, 6) is -0.324. The summed E-state index contributed by atoms with van der Waals surface area (Å²) in [7, 11) is -4.71. The number of carbonyl (C=O) groups is 1. The largest absolute Gasteiger partial charge is 0.456 e. The molecule has 12 nitrogen and oxygen atoms in total. The van der Waals surface area contributed by atoms with Gasteiger partial charge in [0, 0.05) is 0 Å². The van der Waals surface area contributed by atoms with E-state index >= 15 is 0 Å². The Hall–Kier alpha value is -4.27. The second-order valence-corrected chi connectivity index (χ2v) is 9.87. The lowest BCUT2D eigenvalue weighted by Crippen LogP contribution is -2.32. The summed E-state index contributed by atoms with van der Waals surface area (Å²) in [5.41, 5.74) is 6.82. The van der Waals surface area contributed by atoms with Gasteiger partial charge in [-0.1, -0.05) is 48.2 Å². The molecule has 0 aliphatic carbocycles. The van der Waals surface area contributed by atoms with Gasteiger partial charge in [0.2, 0.25) is 5.16 Å². The second-order valence-electron chi connectivity index (χ2n) is 7.40. The summed E-state index contributed by atoms with van der Waals surface area (Å²) >= 11 is 0.996. The number of tetrazole rings is 1. The number of nitrogens with zero attached hydrogens (tertiary/aromatic N) is 6. The second kappa shape index (κ2) is 9.41. The van der Waals surface area contributed by atoms with Crippen molar-refractivity contribution in [2.75, 3.05) is 5.01 Å². The number of aromatic nitrogens is 4. The van der Waals surface area contributed by atoms with E-state index in [4.69, 9.17) is 10.5 Å². The van der Waals surface area contributed by atoms with Crippen LogP contribution in [0.1, 0.15) is 0 Å². The van der Waals surface area contributed by atoms with Crippen molar-refractivity contribution in [3.8, 4) is 17.2 Å². The van der Waals surface area contributed by atoms with Gasteiger partial charge in [-0.2, -0.15) is 23.2 Å². The summed E-state index contributed by atoms with van der Waals surface area (Å²) in [4.78, 5) is 12.7. The number of benzene rings is 3. The first-order valence-electron chi connectivity index (χ1n) is 10.3. The minimum Gasteiger partial charge on any atom is -0.456 e. The molecule has 4 aromatic rings. The van der Waals surface area contributed by atoms with Crippen molar-refractivity contribution >= 4 is 39.3 Å².